The first kappa shape index (κ1) is 14.4. The second-order valence-corrected chi connectivity index (χ2v) is 5.23. The number of aliphatic hydroxyl groups excluding tert-OH is 1. The monoisotopic (exact) mass is 304 g/mol. The van der Waals surface area contributed by atoms with E-state index in [0.717, 1.165) is 11.3 Å². The lowest BCUT2D eigenvalue weighted by Gasteiger charge is -2.18. The van der Waals surface area contributed by atoms with Crippen molar-refractivity contribution >= 4 is 21.6 Å². The molecule has 0 amide bonds. The third-order valence-electron chi connectivity index (χ3n) is 2.37. The first-order valence-corrected chi connectivity index (χ1v) is 6.21. The van der Waals surface area contributed by atoms with Crippen LogP contribution in [-0.4, -0.2) is 43.3 Å². The summed E-state index contributed by atoms with van der Waals surface area (Å²) in [4.78, 5) is 1.92. The molecule has 1 rings (SSSR count). The van der Waals surface area contributed by atoms with E-state index in [1.165, 1.54) is 6.07 Å². The molecule has 1 aromatic carbocycles. The minimum Gasteiger partial charge on any atom is -0.390 e. The molecule has 0 saturated carbocycles. The van der Waals surface area contributed by atoms with Gasteiger partial charge in [-0.3, -0.25) is 0 Å². The number of halogens is 2. The molecule has 0 heterocycles. The van der Waals surface area contributed by atoms with Gasteiger partial charge in [-0.15, -0.1) is 0 Å². The molecular weight excluding hydrogens is 287 g/mol. The maximum atomic E-state index is 13.2. The predicted octanol–water partition coefficient (Wildman–Crippen LogP) is 2.23. The molecule has 1 unspecified atom stereocenters. The summed E-state index contributed by atoms with van der Waals surface area (Å²) in [5, 5.41) is 12.8. The van der Waals surface area contributed by atoms with Gasteiger partial charge < -0.3 is 15.3 Å². The molecule has 0 saturated heterocycles. The summed E-state index contributed by atoms with van der Waals surface area (Å²) in [7, 11) is 3.81. The molecule has 5 heteroatoms. The summed E-state index contributed by atoms with van der Waals surface area (Å²) in [6, 6.07) is 3.15. The fourth-order valence-corrected chi connectivity index (χ4v) is 1.89. The fraction of sp³-hybridized carbons (Fsp3) is 0.500. The van der Waals surface area contributed by atoms with E-state index in [2.05, 4.69) is 21.2 Å². The van der Waals surface area contributed by atoms with Gasteiger partial charge in [-0.1, -0.05) is 0 Å². The van der Waals surface area contributed by atoms with E-state index in [1.54, 1.807) is 6.07 Å². The highest BCUT2D eigenvalue weighted by Gasteiger charge is 2.08. The molecule has 0 spiro atoms. The Kier molecular flexibility index (Phi) is 5.36. The van der Waals surface area contributed by atoms with Crippen LogP contribution < -0.4 is 5.32 Å². The highest BCUT2D eigenvalue weighted by Crippen LogP contribution is 2.24. The zero-order chi connectivity index (χ0) is 13.0. The van der Waals surface area contributed by atoms with Gasteiger partial charge in [-0.05, 0) is 54.6 Å². The Morgan fingerprint density at radius 1 is 1.47 bits per heavy atom. The zero-order valence-electron chi connectivity index (χ0n) is 10.3. The number of rotatable bonds is 5. The van der Waals surface area contributed by atoms with Crippen molar-refractivity contribution in [2.24, 2.45) is 0 Å². The molecule has 0 aliphatic carbocycles. The van der Waals surface area contributed by atoms with Gasteiger partial charge in [-0.2, -0.15) is 0 Å². The van der Waals surface area contributed by atoms with Crippen molar-refractivity contribution in [2.45, 2.75) is 13.0 Å². The fourth-order valence-electron chi connectivity index (χ4n) is 1.55. The number of hydrogen-bond acceptors (Lipinski definition) is 3. The van der Waals surface area contributed by atoms with Gasteiger partial charge in [0, 0.05) is 18.8 Å². The van der Waals surface area contributed by atoms with Crippen molar-refractivity contribution in [1.82, 2.24) is 4.90 Å². The molecule has 96 valence electrons. The summed E-state index contributed by atoms with van der Waals surface area (Å²) in [6.07, 6.45) is -0.451. The van der Waals surface area contributed by atoms with Crippen molar-refractivity contribution in [1.29, 1.82) is 0 Å². The Morgan fingerprint density at radius 3 is 2.71 bits per heavy atom. The molecule has 0 fully saturated rings. The smallest absolute Gasteiger partial charge is 0.137 e. The van der Waals surface area contributed by atoms with Gasteiger partial charge in [0.15, 0.2) is 0 Å². The molecule has 3 nitrogen and oxygen atoms in total. The summed E-state index contributed by atoms with van der Waals surface area (Å²) >= 11 is 3.14. The second kappa shape index (κ2) is 6.33. The summed E-state index contributed by atoms with van der Waals surface area (Å²) in [5.41, 5.74) is 1.65. The summed E-state index contributed by atoms with van der Waals surface area (Å²) in [5.74, 6) is -0.276. The van der Waals surface area contributed by atoms with Crippen LogP contribution in [0, 0.1) is 12.7 Å². The quantitative estimate of drug-likeness (QED) is 0.876. The Morgan fingerprint density at radius 2 is 2.12 bits per heavy atom. The van der Waals surface area contributed by atoms with Gasteiger partial charge >= 0.3 is 0 Å². The van der Waals surface area contributed by atoms with Crippen molar-refractivity contribution in [3.8, 4) is 0 Å². The predicted molar refractivity (Wildman–Crippen MR) is 71.9 cm³/mol. The molecule has 17 heavy (non-hydrogen) atoms. The molecule has 0 radical (unpaired) electrons. The highest BCUT2D eigenvalue weighted by molar-refractivity contribution is 9.10. The largest absolute Gasteiger partial charge is 0.390 e. The molecule has 0 aliphatic heterocycles. The van der Waals surface area contributed by atoms with E-state index in [1.807, 2.05) is 25.9 Å². The maximum Gasteiger partial charge on any atom is 0.137 e. The number of anilines is 1. The van der Waals surface area contributed by atoms with Gasteiger partial charge in [0.05, 0.1) is 10.6 Å². The Bertz CT molecular complexity index is 385. The Hall–Kier alpha value is -0.650. The van der Waals surface area contributed by atoms with Gasteiger partial charge in [0.25, 0.3) is 0 Å². The SMILES string of the molecule is Cc1cc(F)c(Br)cc1NCC(O)CN(C)C. The number of nitrogens with zero attached hydrogens (tertiary/aromatic N) is 1. The molecule has 1 atom stereocenters. The van der Waals surface area contributed by atoms with Gasteiger partial charge in [0.1, 0.15) is 5.82 Å². The maximum absolute atomic E-state index is 13.2. The minimum absolute atomic E-state index is 0.276. The Balaban J connectivity index is 2.60. The van der Waals surface area contributed by atoms with E-state index in [9.17, 15) is 9.50 Å². The van der Waals surface area contributed by atoms with E-state index in [4.69, 9.17) is 0 Å². The van der Waals surface area contributed by atoms with Crippen LogP contribution >= 0.6 is 15.9 Å². The van der Waals surface area contributed by atoms with Crippen molar-refractivity contribution < 1.29 is 9.50 Å². The first-order valence-electron chi connectivity index (χ1n) is 5.42. The van der Waals surface area contributed by atoms with E-state index in [-0.39, 0.29) is 5.82 Å². The number of nitrogens with one attached hydrogen (secondary N) is 1. The number of aliphatic hydroxyl groups is 1. The molecular formula is C12H18BrFN2O. The van der Waals surface area contributed by atoms with Crippen molar-refractivity contribution in [3.05, 3.63) is 28.0 Å². The lowest BCUT2D eigenvalue weighted by Crippen LogP contribution is -2.31. The van der Waals surface area contributed by atoms with Crippen LogP contribution in [0.15, 0.2) is 16.6 Å². The summed E-state index contributed by atoms with van der Waals surface area (Å²) < 4.78 is 13.6. The van der Waals surface area contributed by atoms with Crippen LogP contribution in [0.4, 0.5) is 10.1 Å². The number of likely N-dealkylation sites (N-methyl/N-ethyl adjacent to an activating group) is 1. The average molecular weight is 305 g/mol. The number of aryl methyl sites for hydroxylation is 1. The van der Waals surface area contributed by atoms with Gasteiger partial charge in [-0.25, -0.2) is 4.39 Å². The molecule has 0 aliphatic rings. The molecule has 1 aromatic rings. The second-order valence-electron chi connectivity index (χ2n) is 4.38. The van der Waals surface area contributed by atoms with E-state index in [0.29, 0.717) is 17.6 Å². The topological polar surface area (TPSA) is 35.5 Å². The lowest BCUT2D eigenvalue weighted by atomic mass is 10.2. The van der Waals surface area contributed by atoms with Crippen molar-refractivity contribution in [3.63, 3.8) is 0 Å². The minimum atomic E-state index is -0.451. The van der Waals surface area contributed by atoms with Crippen LogP contribution in [0.3, 0.4) is 0 Å². The average Bonchev–Trinajstić information content (AvgIpc) is 2.20. The summed E-state index contributed by atoms with van der Waals surface area (Å²) in [6.45, 7) is 2.86. The van der Waals surface area contributed by atoms with Crippen molar-refractivity contribution in [2.75, 3.05) is 32.5 Å². The van der Waals surface area contributed by atoms with E-state index >= 15 is 0 Å². The first-order chi connectivity index (χ1) is 7.90. The van der Waals surface area contributed by atoms with Crippen LogP contribution in [0.2, 0.25) is 0 Å². The van der Waals surface area contributed by atoms with E-state index < -0.39 is 6.10 Å². The normalized spacial score (nSPS) is 12.9. The highest BCUT2D eigenvalue weighted by atomic mass is 79.9. The molecule has 2 N–H and O–H groups in total. The van der Waals surface area contributed by atoms with Gasteiger partial charge in [0.2, 0.25) is 0 Å². The lowest BCUT2D eigenvalue weighted by molar-refractivity contribution is 0.148. The number of benzene rings is 1. The third kappa shape index (κ3) is 4.61. The van der Waals surface area contributed by atoms with Crippen LogP contribution in [0.5, 0.6) is 0 Å². The molecule has 0 aromatic heterocycles. The third-order valence-corrected chi connectivity index (χ3v) is 2.98. The van der Waals surface area contributed by atoms with Crippen LogP contribution in [0.1, 0.15) is 5.56 Å². The zero-order valence-corrected chi connectivity index (χ0v) is 11.9. The standard InChI is InChI=1S/C12H18BrFN2O/c1-8-4-11(14)10(13)5-12(8)15-6-9(17)7-16(2)3/h4-5,9,15,17H,6-7H2,1-3H3. The number of hydrogen-bond donors (Lipinski definition) is 2. The molecule has 0 bridgehead atoms. The van der Waals surface area contributed by atoms with Crippen LogP contribution in [-0.2, 0) is 0 Å². The van der Waals surface area contributed by atoms with Crippen LogP contribution in [0.25, 0.3) is 0 Å². The Labute approximate surface area is 110 Å².